The fourth-order valence-corrected chi connectivity index (χ4v) is 6.41. The Morgan fingerprint density at radius 3 is 2.42 bits per heavy atom. The topological polar surface area (TPSA) is 152 Å². The zero-order valence-electron chi connectivity index (χ0n) is 21.3. The lowest BCUT2D eigenvalue weighted by Crippen LogP contribution is -2.44. The molecule has 0 fully saturated rings. The van der Waals surface area contributed by atoms with Gasteiger partial charge in [-0.1, -0.05) is 37.3 Å². The minimum Gasteiger partial charge on any atom is -0.481 e. The number of aldehydes is 1. The molecule has 0 saturated heterocycles. The molecule has 40 heavy (non-hydrogen) atoms. The van der Waals surface area contributed by atoms with Crippen molar-refractivity contribution in [2.24, 2.45) is 5.41 Å². The third kappa shape index (κ3) is 5.76. The molecule has 0 saturated carbocycles. The molecule has 2 heterocycles. The van der Waals surface area contributed by atoms with Gasteiger partial charge < -0.3 is 9.52 Å². The van der Waals surface area contributed by atoms with Crippen molar-refractivity contribution >= 4 is 44.4 Å². The van der Waals surface area contributed by atoms with Crippen LogP contribution in [0.5, 0.6) is 0 Å². The number of benzene rings is 2. The molecule has 2 aromatic carbocycles. The molecule has 1 unspecified atom stereocenters. The molecule has 15 heteroatoms. The first-order valence-corrected chi connectivity index (χ1v) is 14.1. The number of nitrogens with zero attached hydrogens (tertiary/aromatic N) is 3. The fraction of sp³-hybridized carbons (Fsp3) is 0.320. The van der Waals surface area contributed by atoms with Gasteiger partial charge in [-0.3, -0.25) is 9.59 Å². The number of aromatic nitrogens is 3. The first kappa shape index (κ1) is 29.3. The van der Waals surface area contributed by atoms with Crippen LogP contribution in [0.3, 0.4) is 0 Å². The Bertz CT molecular complexity index is 1700. The van der Waals surface area contributed by atoms with Gasteiger partial charge in [0.15, 0.2) is 11.3 Å². The highest BCUT2D eigenvalue weighted by Gasteiger charge is 2.41. The van der Waals surface area contributed by atoms with Gasteiger partial charge in [0.1, 0.15) is 11.7 Å². The van der Waals surface area contributed by atoms with E-state index in [-0.39, 0.29) is 39.2 Å². The molecular formula is C25H23F3N4O6S2. The first-order valence-electron chi connectivity index (χ1n) is 11.8. The second kappa shape index (κ2) is 10.7. The number of hydrogen-bond acceptors (Lipinski definition) is 9. The smallest absolute Gasteiger partial charge is 0.404 e. The van der Waals surface area contributed by atoms with Crippen molar-refractivity contribution in [2.45, 2.75) is 50.7 Å². The summed E-state index contributed by atoms with van der Waals surface area (Å²) in [5.41, 5.74) is -0.763. The van der Waals surface area contributed by atoms with E-state index in [4.69, 9.17) is 4.42 Å². The van der Waals surface area contributed by atoms with Crippen LogP contribution >= 0.6 is 11.3 Å². The molecule has 212 valence electrons. The van der Waals surface area contributed by atoms with Crippen LogP contribution in [0.2, 0.25) is 0 Å². The third-order valence-electron chi connectivity index (χ3n) is 6.11. The van der Waals surface area contributed by atoms with Crippen molar-refractivity contribution in [2.75, 3.05) is 0 Å². The first-order chi connectivity index (χ1) is 18.7. The van der Waals surface area contributed by atoms with E-state index in [1.165, 1.54) is 39.0 Å². The van der Waals surface area contributed by atoms with Crippen LogP contribution in [0.15, 0.2) is 45.7 Å². The van der Waals surface area contributed by atoms with Gasteiger partial charge in [-0.05, 0) is 31.7 Å². The average Bonchev–Trinajstić information content (AvgIpc) is 3.52. The Labute approximate surface area is 230 Å². The van der Waals surface area contributed by atoms with E-state index in [2.05, 4.69) is 15.2 Å². The number of rotatable bonds is 10. The summed E-state index contributed by atoms with van der Waals surface area (Å²) in [5, 5.41) is 17.8. The normalized spacial score (nSPS) is 13.4. The molecule has 0 aliphatic heterocycles. The number of fused-ring (bicyclic) bond motifs is 1. The van der Waals surface area contributed by atoms with Gasteiger partial charge in [0.25, 0.3) is 5.89 Å². The summed E-state index contributed by atoms with van der Waals surface area (Å²) in [6.07, 6.45) is -4.81. The number of alkyl halides is 3. The van der Waals surface area contributed by atoms with Crippen LogP contribution in [-0.2, 0) is 21.2 Å². The Morgan fingerprint density at radius 1 is 1.15 bits per heavy atom. The Balaban J connectivity index is 1.77. The van der Waals surface area contributed by atoms with E-state index in [1.807, 2.05) is 0 Å². The van der Waals surface area contributed by atoms with Gasteiger partial charge in [-0.2, -0.15) is 17.9 Å². The fourth-order valence-electron chi connectivity index (χ4n) is 3.90. The predicted octanol–water partition coefficient (Wildman–Crippen LogP) is 5.10. The van der Waals surface area contributed by atoms with Crippen molar-refractivity contribution in [3.63, 3.8) is 0 Å². The number of nitrogens with one attached hydrogen (secondary N) is 1. The maximum atomic E-state index is 13.3. The molecule has 0 aliphatic rings. The van der Waals surface area contributed by atoms with E-state index in [1.54, 1.807) is 22.9 Å². The maximum Gasteiger partial charge on any atom is 0.404 e. The number of carboxylic acids is 1. The summed E-state index contributed by atoms with van der Waals surface area (Å²) < 4.78 is 73.3. The van der Waals surface area contributed by atoms with Gasteiger partial charge in [0.2, 0.25) is 15.9 Å². The lowest BCUT2D eigenvalue weighted by molar-refractivity contribution is -0.151. The van der Waals surface area contributed by atoms with Gasteiger partial charge in [0, 0.05) is 17.4 Å². The number of carbonyl (C=O) groups excluding carboxylic acids is 1. The molecule has 1 atom stereocenters. The van der Waals surface area contributed by atoms with Crippen LogP contribution in [0.1, 0.15) is 43.6 Å². The van der Waals surface area contributed by atoms with Gasteiger partial charge in [-0.15, -0.1) is 21.5 Å². The van der Waals surface area contributed by atoms with E-state index in [0.717, 1.165) is 11.3 Å². The summed E-state index contributed by atoms with van der Waals surface area (Å²) >= 11 is 1.00. The van der Waals surface area contributed by atoms with E-state index >= 15 is 0 Å². The summed E-state index contributed by atoms with van der Waals surface area (Å²) in [4.78, 5) is 27.6. The number of aliphatic carboxylic acids is 1. The molecule has 0 amide bonds. The van der Waals surface area contributed by atoms with Crippen molar-refractivity contribution in [3.05, 3.63) is 48.0 Å². The van der Waals surface area contributed by atoms with E-state index < -0.39 is 40.0 Å². The molecule has 10 nitrogen and oxygen atoms in total. The van der Waals surface area contributed by atoms with Crippen molar-refractivity contribution in [1.29, 1.82) is 0 Å². The molecule has 2 N–H and O–H groups in total. The molecule has 4 aromatic rings. The molecule has 0 radical (unpaired) electrons. The summed E-state index contributed by atoms with van der Waals surface area (Å²) in [7, 11) is -4.58. The SMILES string of the molecule is CCC(NS(=O)(=O)c1ccc(-c2sc(-c3nnc(CC(C)(C)C(=O)O)o3)nc2C=O)c2ccccc12)C(F)(F)F. The van der Waals surface area contributed by atoms with Crippen LogP contribution in [0.4, 0.5) is 13.2 Å². The van der Waals surface area contributed by atoms with Crippen LogP contribution in [0.25, 0.3) is 32.1 Å². The summed E-state index contributed by atoms with van der Waals surface area (Å²) in [6.45, 7) is 4.23. The lowest BCUT2D eigenvalue weighted by atomic mass is 9.90. The van der Waals surface area contributed by atoms with E-state index in [9.17, 15) is 36.3 Å². The van der Waals surface area contributed by atoms with Crippen LogP contribution < -0.4 is 4.72 Å². The molecule has 0 spiro atoms. The average molecular weight is 597 g/mol. The standard InChI is InChI=1S/C25H23F3N4O6S2/c1-4-18(25(26,27)28)32-40(36,37)17-10-9-15(13-7-5-6-8-14(13)17)20-16(12-33)29-22(39-20)21-31-30-19(38-21)11-24(2,3)23(34)35/h5-10,12,18,32H,4,11H2,1-3H3,(H,34,35). The zero-order valence-corrected chi connectivity index (χ0v) is 22.9. The van der Waals surface area contributed by atoms with Crippen LogP contribution in [-0.4, -0.2) is 53.2 Å². The Morgan fingerprint density at radius 2 is 1.82 bits per heavy atom. The number of sulfonamides is 1. The lowest BCUT2D eigenvalue weighted by Gasteiger charge is -2.21. The molecule has 0 bridgehead atoms. The Kier molecular flexibility index (Phi) is 7.84. The summed E-state index contributed by atoms with van der Waals surface area (Å²) in [6, 6.07) is 6.51. The highest BCUT2D eigenvalue weighted by molar-refractivity contribution is 7.89. The minimum absolute atomic E-state index is 0.00683. The zero-order chi connectivity index (χ0) is 29.5. The predicted molar refractivity (Wildman–Crippen MR) is 139 cm³/mol. The minimum atomic E-state index is -4.77. The third-order valence-corrected chi connectivity index (χ3v) is 8.73. The van der Waals surface area contributed by atoms with Gasteiger partial charge in [0.05, 0.1) is 15.2 Å². The number of carbonyl (C=O) groups is 2. The highest BCUT2D eigenvalue weighted by atomic mass is 32.2. The van der Waals surface area contributed by atoms with Crippen LogP contribution in [0, 0.1) is 5.41 Å². The summed E-state index contributed by atoms with van der Waals surface area (Å²) in [5.74, 6) is -1.03. The second-order valence-corrected chi connectivity index (χ2v) is 12.2. The van der Waals surface area contributed by atoms with Crippen molar-refractivity contribution in [1.82, 2.24) is 19.9 Å². The highest BCUT2D eigenvalue weighted by Crippen LogP contribution is 2.40. The molecule has 4 rings (SSSR count). The number of thiazole rings is 1. The quantitative estimate of drug-likeness (QED) is 0.238. The van der Waals surface area contributed by atoms with E-state index in [0.29, 0.717) is 22.1 Å². The number of carboxylic acid groups (broad SMARTS) is 1. The Hall–Kier alpha value is -3.69. The second-order valence-electron chi connectivity index (χ2n) is 9.50. The largest absolute Gasteiger partial charge is 0.481 e. The molecule has 0 aliphatic carbocycles. The van der Waals surface area contributed by atoms with Gasteiger partial charge >= 0.3 is 12.1 Å². The number of hydrogen-bond donors (Lipinski definition) is 2. The molecule has 2 aromatic heterocycles. The van der Waals surface area contributed by atoms with Crippen molar-refractivity contribution in [3.8, 4) is 21.3 Å². The maximum absolute atomic E-state index is 13.3. The number of halogens is 3. The van der Waals surface area contributed by atoms with Crippen molar-refractivity contribution < 1.29 is 40.7 Å². The molecular weight excluding hydrogens is 573 g/mol. The van der Waals surface area contributed by atoms with Gasteiger partial charge in [-0.25, -0.2) is 13.4 Å². The monoisotopic (exact) mass is 596 g/mol.